The minimum atomic E-state index is 0.677. The summed E-state index contributed by atoms with van der Waals surface area (Å²) in [6.07, 6.45) is 1.24. The van der Waals surface area contributed by atoms with Crippen LogP contribution < -0.4 is 5.32 Å². The lowest BCUT2D eigenvalue weighted by Gasteiger charge is -2.25. The monoisotopic (exact) mass is 217 g/mol. The van der Waals surface area contributed by atoms with Gasteiger partial charge >= 0.3 is 0 Å². The lowest BCUT2D eigenvalue weighted by Crippen LogP contribution is -2.36. The Morgan fingerprint density at radius 1 is 1.07 bits per heavy atom. The molecule has 3 nitrogen and oxygen atoms in total. The molecule has 0 aliphatic rings. The van der Waals surface area contributed by atoms with Gasteiger partial charge in [0.2, 0.25) is 0 Å². The van der Waals surface area contributed by atoms with Crippen LogP contribution in [0.15, 0.2) is 0 Å². The third kappa shape index (κ3) is 11.8. The minimum absolute atomic E-state index is 0.677. The normalized spacial score (nSPS) is 12.6. The van der Waals surface area contributed by atoms with Crippen molar-refractivity contribution in [3.63, 3.8) is 0 Å². The fraction of sp³-hybridized carbons (Fsp3) is 1.00. The Labute approximate surface area is 96.8 Å². The standard InChI is InChI=1S/C10H25N3.C2H6/c1-10(6-8-12(3)4)13(5)9-7-11-2;1-2/h10-11H,6-9H2,1-5H3;1-2H3. The SMILES string of the molecule is CC.CNCCN(C)C(C)CCN(C)C. The van der Waals surface area contributed by atoms with E-state index in [0.29, 0.717) is 6.04 Å². The van der Waals surface area contributed by atoms with Gasteiger partial charge in [0.1, 0.15) is 0 Å². The molecule has 15 heavy (non-hydrogen) atoms. The molecule has 0 aromatic carbocycles. The highest BCUT2D eigenvalue weighted by Gasteiger charge is 2.07. The van der Waals surface area contributed by atoms with E-state index >= 15 is 0 Å². The Morgan fingerprint density at radius 2 is 1.60 bits per heavy atom. The van der Waals surface area contributed by atoms with E-state index in [1.165, 1.54) is 13.0 Å². The van der Waals surface area contributed by atoms with Gasteiger partial charge in [0.15, 0.2) is 0 Å². The maximum absolute atomic E-state index is 3.17. The second-order valence-electron chi connectivity index (χ2n) is 4.03. The molecule has 0 saturated heterocycles. The zero-order valence-corrected chi connectivity index (χ0v) is 11.8. The summed E-state index contributed by atoms with van der Waals surface area (Å²) < 4.78 is 0. The van der Waals surface area contributed by atoms with Gasteiger partial charge < -0.3 is 15.1 Å². The summed E-state index contributed by atoms with van der Waals surface area (Å²) in [4.78, 5) is 4.64. The second kappa shape index (κ2) is 12.0. The Bertz CT molecular complexity index is 115. The molecule has 3 heteroatoms. The summed E-state index contributed by atoms with van der Waals surface area (Å²) in [5.41, 5.74) is 0. The molecule has 0 saturated carbocycles. The van der Waals surface area contributed by atoms with Gasteiger partial charge in [-0.15, -0.1) is 0 Å². The zero-order valence-electron chi connectivity index (χ0n) is 11.8. The van der Waals surface area contributed by atoms with E-state index in [9.17, 15) is 0 Å². The van der Waals surface area contributed by atoms with Gasteiger partial charge in [-0.1, -0.05) is 13.8 Å². The summed E-state index contributed by atoms with van der Waals surface area (Å²) in [6.45, 7) is 9.66. The van der Waals surface area contributed by atoms with E-state index in [0.717, 1.165) is 13.1 Å². The summed E-state index contributed by atoms with van der Waals surface area (Å²) >= 11 is 0. The molecule has 0 aliphatic heterocycles. The van der Waals surface area contributed by atoms with Crippen LogP contribution in [-0.2, 0) is 0 Å². The van der Waals surface area contributed by atoms with Gasteiger partial charge in [-0.05, 0) is 48.1 Å². The third-order valence-electron chi connectivity index (χ3n) is 2.46. The average Bonchev–Trinajstić information content (AvgIpc) is 2.25. The van der Waals surface area contributed by atoms with E-state index in [1.54, 1.807) is 0 Å². The number of hydrogen-bond acceptors (Lipinski definition) is 3. The smallest absolute Gasteiger partial charge is 0.0106 e. The predicted molar refractivity (Wildman–Crippen MR) is 70.5 cm³/mol. The first-order valence-corrected chi connectivity index (χ1v) is 6.07. The topological polar surface area (TPSA) is 18.5 Å². The quantitative estimate of drug-likeness (QED) is 0.697. The number of hydrogen-bond donors (Lipinski definition) is 1. The summed E-state index contributed by atoms with van der Waals surface area (Å²) in [7, 11) is 8.44. The van der Waals surface area contributed by atoms with Crippen molar-refractivity contribution in [1.29, 1.82) is 0 Å². The van der Waals surface area contributed by atoms with Crippen molar-refractivity contribution in [3.8, 4) is 0 Å². The molecule has 94 valence electrons. The van der Waals surface area contributed by atoms with Crippen molar-refractivity contribution >= 4 is 0 Å². The first-order chi connectivity index (χ1) is 7.07. The van der Waals surface area contributed by atoms with Crippen molar-refractivity contribution < 1.29 is 0 Å². The van der Waals surface area contributed by atoms with E-state index < -0.39 is 0 Å². The van der Waals surface area contributed by atoms with Crippen LogP contribution in [0.2, 0.25) is 0 Å². The van der Waals surface area contributed by atoms with Crippen LogP contribution in [0.4, 0.5) is 0 Å². The molecule has 0 radical (unpaired) electrons. The maximum atomic E-state index is 3.17. The highest BCUT2D eigenvalue weighted by atomic mass is 15.1. The average molecular weight is 217 g/mol. The Kier molecular flexibility index (Phi) is 13.8. The van der Waals surface area contributed by atoms with Crippen LogP contribution in [0.3, 0.4) is 0 Å². The van der Waals surface area contributed by atoms with Crippen molar-refractivity contribution in [1.82, 2.24) is 15.1 Å². The lowest BCUT2D eigenvalue weighted by molar-refractivity contribution is 0.229. The maximum Gasteiger partial charge on any atom is 0.0106 e. The Morgan fingerprint density at radius 3 is 2.00 bits per heavy atom. The highest BCUT2D eigenvalue weighted by Crippen LogP contribution is 2.00. The van der Waals surface area contributed by atoms with Gasteiger partial charge in [0, 0.05) is 19.1 Å². The van der Waals surface area contributed by atoms with Crippen molar-refractivity contribution in [3.05, 3.63) is 0 Å². The van der Waals surface area contributed by atoms with Gasteiger partial charge in [-0.25, -0.2) is 0 Å². The molecule has 0 rings (SSSR count). The molecule has 0 spiro atoms. The number of likely N-dealkylation sites (N-methyl/N-ethyl adjacent to an activating group) is 2. The summed E-state index contributed by atoms with van der Waals surface area (Å²) in [5.74, 6) is 0. The molecule has 0 bridgehead atoms. The first kappa shape index (κ1) is 17.3. The molecule has 1 unspecified atom stereocenters. The highest BCUT2D eigenvalue weighted by molar-refractivity contribution is 4.65. The van der Waals surface area contributed by atoms with Gasteiger partial charge in [0.25, 0.3) is 0 Å². The Balaban J connectivity index is 0. The zero-order chi connectivity index (χ0) is 12.3. The van der Waals surface area contributed by atoms with Crippen molar-refractivity contribution in [2.24, 2.45) is 0 Å². The molecule has 0 aliphatic carbocycles. The lowest BCUT2D eigenvalue weighted by atomic mass is 10.2. The minimum Gasteiger partial charge on any atom is -0.318 e. The second-order valence-corrected chi connectivity index (χ2v) is 4.03. The van der Waals surface area contributed by atoms with Crippen LogP contribution in [0.25, 0.3) is 0 Å². The van der Waals surface area contributed by atoms with E-state index in [4.69, 9.17) is 0 Å². The van der Waals surface area contributed by atoms with Crippen LogP contribution >= 0.6 is 0 Å². The molecule has 0 heterocycles. The van der Waals surface area contributed by atoms with E-state index in [1.807, 2.05) is 20.9 Å². The number of rotatable bonds is 7. The molecular weight excluding hydrogens is 186 g/mol. The summed E-state index contributed by atoms with van der Waals surface area (Å²) in [5, 5.41) is 3.17. The van der Waals surface area contributed by atoms with E-state index in [2.05, 4.69) is 43.2 Å². The van der Waals surface area contributed by atoms with Crippen LogP contribution in [0.1, 0.15) is 27.2 Å². The van der Waals surface area contributed by atoms with Gasteiger partial charge in [-0.2, -0.15) is 0 Å². The summed E-state index contributed by atoms with van der Waals surface area (Å²) in [6, 6.07) is 0.677. The van der Waals surface area contributed by atoms with Crippen molar-refractivity contribution in [2.75, 3.05) is 47.8 Å². The molecular formula is C12H31N3. The third-order valence-corrected chi connectivity index (χ3v) is 2.46. The first-order valence-electron chi connectivity index (χ1n) is 6.07. The van der Waals surface area contributed by atoms with Gasteiger partial charge in [0.05, 0.1) is 0 Å². The van der Waals surface area contributed by atoms with E-state index in [-0.39, 0.29) is 0 Å². The molecule has 0 fully saturated rings. The van der Waals surface area contributed by atoms with Crippen LogP contribution in [0.5, 0.6) is 0 Å². The predicted octanol–water partition coefficient (Wildman–Crippen LogP) is 1.50. The molecule has 0 aromatic rings. The fourth-order valence-electron chi connectivity index (χ4n) is 1.17. The van der Waals surface area contributed by atoms with Crippen LogP contribution in [0, 0.1) is 0 Å². The molecule has 0 aromatic heterocycles. The largest absolute Gasteiger partial charge is 0.318 e. The fourth-order valence-corrected chi connectivity index (χ4v) is 1.17. The number of nitrogens with zero attached hydrogens (tertiary/aromatic N) is 2. The molecule has 1 N–H and O–H groups in total. The Hall–Kier alpha value is -0.120. The van der Waals surface area contributed by atoms with Crippen LogP contribution in [-0.4, -0.2) is 63.7 Å². The molecule has 0 amide bonds. The van der Waals surface area contributed by atoms with Gasteiger partial charge in [-0.3, -0.25) is 0 Å². The number of nitrogens with one attached hydrogen (secondary N) is 1. The molecule has 1 atom stereocenters. The van der Waals surface area contributed by atoms with Crippen molar-refractivity contribution in [2.45, 2.75) is 33.2 Å².